The highest BCUT2D eigenvalue weighted by molar-refractivity contribution is 7.90. The second-order valence-electron chi connectivity index (χ2n) is 8.54. The van der Waals surface area contributed by atoms with E-state index in [-0.39, 0.29) is 10.6 Å². The molecule has 0 atom stereocenters. The zero-order valence-electron chi connectivity index (χ0n) is 19.8. The van der Waals surface area contributed by atoms with Gasteiger partial charge in [0, 0.05) is 21.4 Å². The fourth-order valence-electron chi connectivity index (χ4n) is 4.42. The number of aryl methyl sites for hydroxylation is 1. The minimum Gasteiger partial charge on any atom is -0.236 e. The average Bonchev–Trinajstić information content (AvgIpc) is 3.50. The molecule has 3 aromatic carbocycles. The van der Waals surface area contributed by atoms with Gasteiger partial charge in [-0.05, 0) is 55.5 Å². The first-order valence-electron chi connectivity index (χ1n) is 11.5. The Morgan fingerprint density at radius 1 is 0.842 bits per heavy atom. The molecule has 6 nitrogen and oxygen atoms in total. The molecule has 0 aliphatic carbocycles. The zero-order chi connectivity index (χ0) is 26.4. The maximum Gasteiger partial charge on any atom is 0.268 e. The van der Waals surface area contributed by atoms with Gasteiger partial charge in [0.2, 0.25) is 0 Å². The smallest absolute Gasteiger partial charge is 0.236 e. The van der Waals surface area contributed by atoms with Gasteiger partial charge in [0.1, 0.15) is 16.6 Å². The van der Waals surface area contributed by atoms with Crippen LogP contribution in [0.3, 0.4) is 0 Å². The van der Waals surface area contributed by atoms with Crippen molar-refractivity contribution in [1.29, 1.82) is 0 Å². The quantitative estimate of drug-likeness (QED) is 0.241. The lowest BCUT2D eigenvalue weighted by Gasteiger charge is -2.13. The highest BCUT2D eigenvalue weighted by Gasteiger charge is 2.27. The fourth-order valence-corrected chi connectivity index (χ4v) is 6.88. The number of hydrogen-bond acceptors (Lipinski definition) is 6. The molecule has 10 heteroatoms. The Balaban J connectivity index is 1.58. The van der Waals surface area contributed by atoms with E-state index in [9.17, 15) is 17.2 Å². The largest absolute Gasteiger partial charge is 0.268 e. The fraction of sp³-hybridized carbons (Fsp3) is 0.0357. The molecule has 6 rings (SSSR count). The van der Waals surface area contributed by atoms with Crippen LogP contribution in [0.4, 0.5) is 8.78 Å². The summed E-state index contributed by atoms with van der Waals surface area (Å²) in [5.74, 6) is -1.72. The molecular formula is C28H18F2N4O2S2. The number of fused-ring (bicyclic) bond motifs is 1. The SMILES string of the molecule is Cc1sc(-c2ccnnc2)nc1-c1ccc2c(c1)cc(-c1c(F)cccc1F)n2S(=O)(=O)c1ccccc1. The highest BCUT2D eigenvalue weighted by atomic mass is 32.2. The van der Waals surface area contributed by atoms with Crippen LogP contribution in [0.15, 0.2) is 96.2 Å². The van der Waals surface area contributed by atoms with Crippen LogP contribution in [-0.2, 0) is 10.0 Å². The summed E-state index contributed by atoms with van der Waals surface area (Å²) in [6.45, 7) is 1.94. The van der Waals surface area contributed by atoms with Crippen molar-refractivity contribution in [2.45, 2.75) is 11.8 Å². The van der Waals surface area contributed by atoms with Crippen LogP contribution < -0.4 is 0 Å². The standard InChI is InChI=1S/C28H18F2N4O2S2/c1-17-27(33-28(37-17)19-12-13-31-32-16-19)18-10-11-24-20(14-18)15-25(26-22(29)8-5-9-23(26)30)34(24)38(35,36)21-6-3-2-4-7-21/h2-16H,1H3. The van der Waals surface area contributed by atoms with E-state index in [0.717, 1.165) is 42.8 Å². The van der Waals surface area contributed by atoms with Gasteiger partial charge in [-0.1, -0.05) is 30.3 Å². The third-order valence-electron chi connectivity index (χ3n) is 6.16. The number of thiazole rings is 1. The summed E-state index contributed by atoms with van der Waals surface area (Å²) in [6, 6.07) is 19.7. The molecule has 3 heterocycles. The molecule has 0 amide bonds. The van der Waals surface area contributed by atoms with E-state index in [1.165, 1.54) is 35.6 Å². The van der Waals surface area contributed by atoms with Crippen LogP contribution in [0.5, 0.6) is 0 Å². The van der Waals surface area contributed by atoms with Gasteiger partial charge < -0.3 is 0 Å². The van der Waals surface area contributed by atoms with Crippen molar-refractivity contribution >= 4 is 32.3 Å². The van der Waals surface area contributed by atoms with Gasteiger partial charge in [0.05, 0.1) is 39.8 Å². The third-order valence-corrected chi connectivity index (χ3v) is 8.92. The molecule has 0 saturated carbocycles. The molecule has 0 aliphatic rings. The van der Waals surface area contributed by atoms with Gasteiger partial charge in [-0.15, -0.1) is 11.3 Å². The predicted octanol–water partition coefficient (Wildman–Crippen LogP) is 6.71. The van der Waals surface area contributed by atoms with Gasteiger partial charge in [-0.25, -0.2) is 26.2 Å². The molecule has 0 unspecified atom stereocenters. The molecule has 0 spiro atoms. The normalized spacial score (nSPS) is 11.8. The van der Waals surface area contributed by atoms with Crippen LogP contribution in [0, 0.1) is 18.6 Å². The molecule has 0 saturated heterocycles. The van der Waals surface area contributed by atoms with Gasteiger partial charge in [0.25, 0.3) is 10.0 Å². The van der Waals surface area contributed by atoms with E-state index in [1.54, 1.807) is 48.8 Å². The summed E-state index contributed by atoms with van der Waals surface area (Å²) >= 11 is 1.50. The molecule has 3 aromatic heterocycles. The molecule has 0 aliphatic heterocycles. The van der Waals surface area contributed by atoms with Crippen molar-refractivity contribution in [1.82, 2.24) is 19.2 Å². The van der Waals surface area contributed by atoms with Crippen LogP contribution in [0.1, 0.15) is 4.88 Å². The maximum absolute atomic E-state index is 14.9. The third kappa shape index (κ3) is 3.98. The number of halogens is 2. The first-order chi connectivity index (χ1) is 18.3. The van der Waals surface area contributed by atoms with Crippen LogP contribution in [0.2, 0.25) is 0 Å². The minimum atomic E-state index is -4.20. The second kappa shape index (κ2) is 9.23. The first-order valence-corrected chi connectivity index (χ1v) is 13.8. The van der Waals surface area contributed by atoms with E-state index in [2.05, 4.69) is 10.2 Å². The number of benzene rings is 3. The molecule has 6 aromatic rings. The summed E-state index contributed by atoms with van der Waals surface area (Å²) < 4.78 is 58.4. The molecule has 0 fully saturated rings. The van der Waals surface area contributed by atoms with Gasteiger partial charge >= 0.3 is 0 Å². The molecule has 0 bridgehead atoms. The Kier molecular flexibility index (Phi) is 5.85. The van der Waals surface area contributed by atoms with E-state index in [0.29, 0.717) is 10.9 Å². The van der Waals surface area contributed by atoms with Crippen molar-refractivity contribution in [3.05, 3.63) is 108 Å². The number of nitrogens with zero attached hydrogens (tertiary/aromatic N) is 4. The molecular weight excluding hydrogens is 526 g/mol. The molecule has 188 valence electrons. The number of rotatable bonds is 5. The molecule has 38 heavy (non-hydrogen) atoms. The number of aromatic nitrogens is 4. The highest BCUT2D eigenvalue weighted by Crippen LogP contribution is 2.38. The summed E-state index contributed by atoms with van der Waals surface area (Å²) in [5, 5.41) is 8.99. The van der Waals surface area contributed by atoms with Crippen molar-refractivity contribution < 1.29 is 17.2 Å². The zero-order valence-corrected chi connectivity index (χ0v) is 21.5. The van der Waals surface area contributed by atoms with E-state index >= 15 is 0 Å². The van der Waals surface area contributed by atoms with Gasteiger partial charge in [0.15, 0.2) is 0 Å². The summed E-state index contributed by atoms with van der Waals surface area (Å²) in [7, 11) is -4.20. The lowest BCUT2D eigenvalue weighted by Crippen LogP contribution is -2.14. The Labute approximate surface area is 220 Å². The van der Waals surface area contributed by atoms with E-state index in [4.69, 9.17) is 4.98 Å². The topological polar surface area (TPSA) is 77.7 Å². The lowest BCUT2D eigenvalue weighted by atomic mass is 10.1. The van der Waals surface area contributed by atoms with Crippen LogP contribution in [-0.4, -0.2) is 27.6 Å². The Morgan fingerprint density at radius 3 is 2.32 bits per heavy atom. The maximum atomic E-state index is 14.9. The van der Waals surface area contributed by atoms with Crippen LogP contribution in [0.25, 0.3) is 44.0 Å². The first kappa shape index (κ1) is 24.1. The Morgan fingerprint density at radius 2 is 1.61 bits per heavy atom. The molecule has 0 N–H and O–H groups in total. The van der Waals surface area contributed by atoms with Crippen molar-refractivity contribution in [3.63, 3.8) is 0 Å². The minimum absolute atomic E-state index is 0.00511. The van der Waals surface area contributed by atoms with Crippen molar-refractivity contribution in [3.8, 4) is 33.1 Å². The van der Waals surface area contributed by atoms with Crippen molar-refractivity contribution in [2.24, 2.45) is 0 Å². The number of hydrogen-bond donors (Lipinski definition) is 0. The van der Waals surface area contributed by atoms with E-state index in [1.807, 2.05) is 13.0 Å². The summed E-state index contributed by atoms with van der Waals surface area (Å²) in [5.41, 5.74) is 2.08. The Hall–Kier alpha value is -4.28. The predicted molar refractivity (Wildman–Crippen MR) is 143 cm³/mol. The van der Waals surface area contributed by atoms with Crippen molar-refractivity contribution in [2.75, 3.05) is 0 Å². The Bertz CT molecular complexity index is 1900. The van der Waals surface area contributed by atoms with Crippen LogP contribution >= 0.6 is 11.3 Å². The second-order valence-corrected chi connectivity index (χ2v) is 11.5. The van der Waals surface area contributed by atoms with E-state index < -0.39 is 27.2 Å². The summed E-state index contributed by atoms with van der Waals surface area (Å²) in [4.78, 5) is 5.73. The monoisotopic (exact) mass is 544 g/mol. The average molecular weight is 545 g/mol. The molecule has 0 radical (unpaired) electrons. The lowest BCUT2D eigenvalue weighted by molar-refractivity contribution is 0.583. The van der Waals surface area contributed by atoms with Gasteiger partial charge in [-0.2, -0.15) is 10.2 Å². The summed E-state index contributed by atoms with van der Waals surface area (Å²) in [6.07, 6.45) is 3.23. The van der Waals surface area contributed by atoms with Gasteiger partial charge in [-0.3, -0.25) is 0 Å².